The average Bonchev–Trinajstić information content (AvgIpc) is 2.92. The number of aryl methyl sites for hydroxylation is 2. The van der Waals surface area contributed by atoms with E-state index in [-0.39, 0.29) is 0 Å². The fraction of sp³-hybridized carbons (Fsp3) is 0.294. The highest BCUT2D eigenvalue weighted by Gasteiger charge is 2.14. The van der Waals surface area contributed by atoms with Crippen molar-refractivity contribution in [2.75, 3.05) is 19.5 Å². The maximum Gasteiger partial charge on any atom is 0.128 e. The highest BCUT2D eigenvalue weighted by Crippen LogP contribution is 2.38. The fourth-order valence-electron chi connectivity index (χ4n) is 2.28. The summed E-state index contributed by atoms with van der Waals surface area (Å²) < 4.78 is 5.15. The molecule has 0 aliphatic rings. The second kappa shape index (κ2) is 6.77. The molecule has 3 nitrogen and oxygen atoms in total. The molecule has 0 saturated heterocycles. The zero-order valence-corrected chi connectivity index (χ0v) is 14.6. The van der Waals surface area contributed by atoms with Crippen molar-refractivity contribution in [3.05, 3.63) is 41.0 Å². The van der Waals surface area contributed by atoms with Crippen LogP contribution in [0.4, 0.5) is 0 Å². The molecule has 0 N–H and O–H groups in total. The number of methoxy groups -OCH3 is 1. The fourth-order valence-corrected chi connectivity index (χ4v) is 4.33. The van der Waals surface area contributed by atoms with Crippen LogP contribution in [0.15, 0.2) is 34.7 Å². The van der Waals surface area contributed by atoms with E-state index < -0.39 is 0 Å². The summed E-state index contributed by atoms with van der Waals surface area (Å²) in [6.07, 6.45) is 0. The lowest BCUT2D eigenvalue weighted by Gasteiger charge is -2.07. The zero-order valence-electron chi connectivity index (χ0n) is 12.9. The summed E-state index contributed by atoms with van der Waals surface area (Å²) in [5.41, 5.74) is 3.71. The molecule has 0 bridgehead atoms. The van der Waals surface area contributed by atoms with Crippen LogP contribution in [0.2, 0.25) is 0 Å². The molecule has 1 aromatic carbocycles. The Morgan fingerprint density at radius 2 is 1.91 bits per heavy atom. The minimum Gasteiger partial charge on any atom is -0.384 e. The molecule has 5 heteroatoms. The molecule has 114 valence electrons. The van der Waals surface area contributed by atoms with Gasteiger partial charge in [-0.2, -0.15) is 0 Å². The Morgan fingerprint density at radius 3 is 2.64 bits per heavy atom. The van der Waals surface area contributed by atoms with Crippen molar-refractivity contribution in [2.24, 2.45) is 0 Å². The number of ether oxygens (including phenoxy) is 1. The summed E-state index contributed by atoms with van der Waals surface area (Å²) in [6, 6.07) is 8.62. The number of fused-ring (bicyclic) bond motifs is 1. The summed E-state index contributed by atoms with van der Waals surface area (Å²) in [5, 5.41) is 4.40. The number of nitrogens with zero attached hydrogens (tertiary/aromatic N) is 2. The van der Waals surface area contributed by atoms with Crippen LogP contribution in [0.25, 0.3) is 21.3 Å². The molecule has 0 amide bonds. The SMILES string of the molecule is COCCSc1nc(C)nc2scc(-c3ccc(C)cc3)c12. The van der Waals surface area contributed by atoms with Gasteiger partial charge in [-0.1, -0.05) is 29.8 Å². The van der Waals surface area contributed by atoms with Crippen molar-refractivity contribution in [2.45, 2.75) is 18.9 Å². The summed E-state index contributed by atoms with van der Waals surface area (Å²) in [7, 11) is 1.73. The van der Waals surface area contributed by atoms with E-state index in [1.54, 1.807) is 30.2 Å². The lowest BCUT2D eigenvalue weighted by atomic mass is 10.1. The molecule has 22 heavy (non-hydrogen) atoms. The number of benzene rings is 1. The van der Waals surface area contributed by atoms with Crippen molar-refractivity contribution in [1.82, 2.24) is 9.97 Å². The van der Waals surface area contributed by atoms with E-state index >= 15 is 0 Å². The highest BCUT2D eigenvalue weighted by molar-refractivity contribution is 7.99. The molecular weight excluding hydrogens is 312 g/mol. The Balaban J connectivity index is 2.09. The molecule has 0 unspecified atom stereocenters. The number of hydrogen-bond acceptors (Lipinski definition) is 5. The van der Waals surface area contributed by atoms with Gasteiger partial charge in [0.25, 0.3) is 0 Å². The molecule has 2 aromatic heterocycles. The Kier molecular flexibility index (Phi) is 4.76. The van der Waals surface area contributed by atoms with Crippen molar-refractivity contribution < 1.29 is 4.74 Å². The van der Waals surface area contributed by atoms with E-state index in [0.29, 0.717) is 0 Å². The monoisotopic (exact) mass is 330 g/mol. The van der Waals surface area contributed by atoms with Gasteiger partial charge >= 0.3 is 0 Å². The van der Waals surface area contributed by atoms with Gasteiger partial charge in [0, 0.05) is 23.8 Å². The summed E-state index contributed by atoms with van der Waals surface area (Å²) in [5.74, 6) is 1.72. The average molecular weight is 330 g/mol. The normalized spacial score (nSPS) is 11.2. The van der Waals surface area contributed by atoms with Crippen LogP contribution in [-0.2, 0) is 4.74 Å². The van der Waals surface area contributed by atoms with Crippen molar-refractivity contribution in [3.63, 3.8) is 0 Å². The molecule has 3 aromatic rings. The van der Waals surface area contributed by atoms with Gasteiger partial charge in [0.05, 0.1) is 12.0 Å². The largest absolute Gasteiger partial charge is 0.384 e. The van der Waals surface area contributed by atoms with E-state index in [9.17, 15) is 0 Å². The van der Waals surface area contributed by atoms with E-state index in [1.165, 1.54) is 22.1 Å². The quantitative estimate of drug-likeness (QED) is 0.385. The predicted octanol–water partition coefficient (Wildman–Crippen LogP) is 4.71. The first-order valence-corrected chi connectivity index (χ1v) is 9.00. The number of thioether (sulfide) groups is 1. The number of hydrogen-bond donors (Lipinski definition) is 0. The van der Waals surface area contributed by atoms with Gasteiger partial charge in [-0.3, -0.25) is 0 Å². The Hall–Kier alpha value is -1.43. The van der Waals surface area contributed by atoms with Gasteiger partial charge in [-0.05, 0) is 19.4 Å². The van der Waals surface area contributed by atoms with Gasteiger partial charge in [0.15, 0.2) is 0 Å². The van der Waals surface area contributed by atoms with Gasteiger partial charge in [0.2, 0.25) is 0 Å². The number of rotatable bonds is 5. The van der Waals surface area contributed by atoms with E-state index in [2.05, 4.69) is 46.5 Å². The van der Waals surface area contributed by atoms with Gasteiger partial charge in [0.1, 0.15) is 15.7 Å². The number of thiophene rings is 1. The molecule has 2 heterocycles. The maximum absolute atomic E-state index is 5.15. The van der Waals surface area contributed by atoms with Crippen LogP contribution >= 0.6 is 23.1 Å². The van der Waals surface area contributed by atoms with Crippen LogP contribution in [0.1, 0.15) is 11.4 Å². The van der Waals surface area contributed by atoms with Crippen LogP contribution in [0.3, 0.4) is 0 Å². The van der Waals surface area contributed by atoms with Crippen molar-refractivity contribution in [3.8, 4) is 11.1 Å². The van der Waals surface area contributed by atoms with Crippen LogP contribution in [0.5, 0.6) is 0 Å². The van der Waals surface area contributed by atoms with Crippen molar-refractivity contribution in [1.29, 1.82) is 0 Å². The molecule has 0 fully saturated rings. The van der Waals surface area contributed by atoms with Gasteiger partial charge < -0.3 is 4.74 Å². The lowest BCUT2D eigenvalue weighted by Crippen LogP contribution is -1.95. The Morgan fingerprint density at radius 1 is 1.14 bits per heavy atom. The summed E-state index contributed by atoms with van der Waals surface area (Å²) >= 11 is 3.42. The first kappa shape index (κ1) is 15.5. The minimum absolute atomic E-state index is 0.721. The molecule has 0 spiro atoms. The first-order chi connectivity index (χ1) is 10.7. The second-order valence-electron chi connectivity index (χ2n) is 5.11. The highest BCUT2D eigenvalue weighted by atomic mass is 32.2. The third kappa shape index (κ3) is 3.16. The molecule has 0 aliphatic heterocycles. The number of aromatic nitrogens is 2. The van der Waals surface area contributed by atoms with Crippen LogP contribution in [0, 0.1) is 13.8 Å². The predicted molar refractivity (Wildman–Crippen MR) is 94.9 cm³/mol. The molecule has 3 rings (SSSR count). The molecule has 0 atom stereocenters. The van der Waals surface area contributed by atoms with E-state index in [0.717, 1.165) is 28.0 Å². The third-order valence-corrected chi connectivity index (χ3v) is 5.21. The molecular formula is C17H18N2OS2. The topological polar surface area (TPSA) is 35.0 Å². The lowest BCUT2D eigenvalue weighted by molar-refractivity contribution is 0.218. The first-order valence-electron chi connectivity index (χ1n) is 7.13. The molecule has 0 aliphatic carbocycles. The smallest absolute Gasteiger partial charge is 0.128 e. The van der Waals surface area contributed by atoms with Crippen molar-refractivity contribution >= 4 is 33.3 Å². The van der Waals surface area contributed by atoms with E-state index in [1.807, 2.05) is 6.92 Å². The standard InChI is InChI=1S/C17H18N2OS2/c1-11-4-6-13(7-5-11)14-10-22-17-15(14)16(18-12(2)19-17)21-9-8-20-3/h4-7,10H,8-9H2,1-3H3. The molecule has 0 radical (unpaired) electrons. The molecule has 0 saturated carbocycles. The Labute approximate surface area is 138 Å². The van der Waals surface area contributed by atoms with Gasteiger partial charge in [-0.15, -0.1) is 23.1 Å². The van der Waals surface area contributed by atoms with Gasteiger partial charge in [-0.25, -0.2) is 9.97 Å². The van der Waals surface area contributed by atoms with Crippen LogP contribution < -0.4 is 0 Å². The van der Waals surface area contributed by atoms with E-state index in [4.69, 9.17) is 4.74 Å². The third-order valence-electron chi connectivity index (χ3n) is 3.40. The second-order valence-corrected chi connectivity index (χ2v) is 7.05. The summed E-state index contributed by atoms with van der Waals surface area (Å²) in [4.78, 5) is 10.3. The summed E-state index contributed by atoms with van der Waals surface area (Å²) in [6.45, 7) is 4.78. The van der Waals surface area contributed by atoms with Crippen LogP contribution in [-0.4, -0.2) is 29.4 Å². The minimum atomic E-state index is 0.721. The Bertz CT molecular complexity index is 781. The zero-order chi connectivity index (χ0) is 15.5. The maximum atomic E-state index is 5.15.